The van der Waals surface area contributed by atoms with Crippen LogP contribution in [-0.2, 0) is 40.1 Å². The second-order valence-electron chi connectivity index (χ2n) is 14.3. The molecule has 308 valence electrons. The molecule has 0 bridgehead atoms. The van der Waals surface area contributed by atoms with Crippen molar-refractivity contribution in [2.45, 2.75) is 34.5 Å². The minimum absolute atomic E-state index is 0.00123. The van der Waals surface area contributed by atoms with E-state index in [1.165, 1.54) is 98.8 Å². The van der Waals surface area contributed by atoms with E-state index in [1.54, 1.807) is 12.1 Å². The molecule has 2 unspecified atom stereocenters. The number of amides is 2. The number of fused-ring (bicyclic) bond motifs is 2. The smallest absolute Gasteiger partial charge is 0.243 e. The molecule has 8 rings (SSSR count). The van der Waals surface area contributed by atoms with Crippen LogP contribution in [0.15, 0.2) is 107 Å². The lowest BCUT2D eigenvalue weighted by Crippen LogP contribution is -2.48. The lowest BCUT2D eigenvalue weighted by molar-refractivity contribution is -0.120. The number of carbonyl (C=O) groups is 4. The topological polar surface area (TPSA) is 161 Å². The average molecular weight is 928 g/mol. The van der Waals surface area contributed by atoms with Crippen molar-refractivity contribution < 1.29 is 44.8 Å². The highest BCUT2D eigenvalue weighted by atomic mass is 35.5. The predicted molar refractivity (Wildman–Crippen MR) is 229 cm³/mol. The summed E-state index contributed by atoms with van der Waals surface area (Å²) in [6, 6.07) is 22.8. The summed E-state index contributed by atoms with van der Waals surface area (Å²) in [7, 11) is -6.97. The summed E-state index contributed by atoms with van der Waals surface area (Å²) in [4.78, 5) is 53.2. The number of rotatable bonds is 6. The average Bonchev–Trinajstić information content (AvgIpc) is 3.70. The van der Waals surface area contributed by atoms with Crippen LogP contribution in [0.1, 0.15) is 45.7 Å². The van der Waals surface area contributed by atoms with Crippen molar-refractivity contribution in [3.8, 4) is 22.3 Å². The second-order valence-corrected chi connectivity index (χ2v) is 21.6. The van der Waals surface area contributed by atoms with Gasteiger partial charge in [-0.05, 0) is 84.6 Å². The first kappa shape index (κ1) is 43.0. The number of hydrogen-bond donors (Lipinski definition) is 2. The largest absolute Gasteiger partial charge is 0.316 e. The third kappa shape index (κ3) is 7.39. The van der Waals surface area contributed by atoms with Crippen LogP contribution in [0, 0.1) is 11.6 Å². The molecule has 18 heteroatoms. The van der Waals surface area contributed by atoms with Gasteiger partial charge >= 0.3 is 0 Å². The summed E-state index contributed by atoms with van der Waals surface area (Å²) in [6.07, 6.45) is 2.13. The molecule has 0 spiro atoms. The SMILES string of the molecule is CC1(c2ccc(S(C)(=O)=O)cc2)C(=O)Nc2sc(Cl)c(-c3cccc(F)c3)c2C1=O.CC1(c2cccc(S(C)(=O)=O)c2)C(=O)Nc2sc(Cl)c(-c3cccc(F)c3)c2C1=O. The van der Waals surface area contributed by atoms with Crippen molar-refractivity contribution in [1.82, 2.24) is 0 Å². The molecule has 2 atom stereocenters. The standard InChI is InChI=1S/2C21H15ClFNO4S2/c1-21(12-6-4-8-14(10-12)30(2,27)28)17(25)16-15(11-5-3-7-13(23)9-11)18(22)29-19(16)24-20(21)26;1-21(12-6-8-14(9-7-12)30(2,27)28)17(25)16-15(11-4-3-5-13(23)10-11)18(22)29-19(16)24-20(21)26/h2*3-10H,1-2H3,(H,24,26). The Balaban J connectivity index is 0.000000181. The molecule has 0 saturated heterocycles. The molecule has 0 radical (unpaired) electrons. The highest BCUT2D eigenvalue weighted by Gasteiger charge is 2.51. The van der Waals surface area contributed by atoms with Gasteiger partial charge in [0.05, 0.1) is 20.9 Å². The summed E-state index contributed by atoms with van der Waals surface area (Å²) in [6.45, 7) is 2.92. The zero-order valence-corrected chi connectivity index (χ0v) is 36.4. The van der Waals surface area contributed by atoms with Crippen LogP contribution in [0.5, 0.6) is 0 Å². The molecule has 0 fully saturated rings. The third-order valence-corrected chi connectivity index (χ3v) is 15.2. The number of carbonyl (C=O) groups excluding carboxylic acids is 4. The van der Waals surface area contributed by atoms with Gasteiger partial charge in [0.25, 0.3) is 0 Å². The first-order valence-electron chi connectivity index (χ1n) is 17.6. The van der Waals surface area contributed by atoms with Crippen LogP contribution in [0.25, 0.3) is 22.3 Å². The molecule has 10 nitrogen and oxygen atoms in total. The first-order chi connectivity index (χ1) is 28.1. The van der Waals surface area contributed by atoms with Gasteiger partial charge in [-0.15, -0.1) is 22.7 Å². The van der Waals surface area contributed by atoms with Gasteiger partial charge in [-0.1, -0.05) is 71.7 Å². The molecule has 2 amide bonds. The summed E-state index contributed by atoms with van der Waals surface area (Å²) in [5.74, 6) is -3.12. The predicted octanol–water partition coefficient (Wildman–Crippen LogP) is 9.41. The monoisotopic (exact) mass is 926 g/mol. The zero-order valence-electron chi connectivity index (χ0n) is 31.6. The van der Waals surface area contributed by atoms with Crippen molar-refractivity contribution >= 4 is 98.9 Å². The molecule has 4 aromatic carbocycles. The third-order valence-electron chi connectivity index (χ3n) is 10.4. The number of anilines is 2. The molecular formula is C42H30Cl2F2N2O8S4. The molecule has 60 heavy (non-hydrogen) atoms. The quantitative estimate of drug-likeness (QED) is 0.156. The number of thiophene rings is 2. The molecule has 0 saturated carbocycles. The fourth-order valence-electron chi connectivity index (χ4n) is 6.98. The lowest BCUT2D eigenvalue weighted by atomic mass is 9.73. The van der Waals surface area contributed by atoms with Gasteiger partial charge in [0.15, 0.2) is 31.2 Å². The normalized spacial score (nSPS) is 18.8. The van der Waals surface area contributed by atoms with Gasteiger partial charge in [-0.2, -0.15) is 0 Å². The van der Waals surface area contributed by atoms with Gasteiger partial charge in [0, 0.05) is 23.6 Å². The Labute approximate surface area is 361 Å². The maximum absolute atomic E-state index is 13.8. The van der Waals surface area contributed by atoms with E-state index in [0.717, 1.165) is 35.2 Å². The summed E-state index contributed by atoms with van der Waals surface area (Å²) in [5.41, 5.74) is -0.762. The van der Waals surface area contributed by atoms with Crippen LogP contribution < -0.4 is 10.6 Å². The maximum Gasteiger partial charge on any atom is 0.243 e. The van der Waals surface area contributed by atoms with E-state index in [0.29, 0.717) is 32.8 Å². The van der Waals surface area contributed by atoms with E-state index in [-0.39, 0.29) is 40.2 Å². The van der Waals surface area contributed by atoms with Gasteiger partial charge in [-0.25, -0.2) is 25.6 Å². The highest BCUT2D eigenvalue weighted by molar-refractivity contribution is 7.91. The van der Waals surface area contributed by atoms with Crippen molar-refractivity contribution in [2.24, 2.45) is 0 Å². The number of nitrogens with one attached hydrogen (secondary N) is 2. The van der Waals surface area contributed by atoms with Crippen LogP contribution in [0.4, 0.5) is 18.8 Å². The lowest BCUT2D eigenvalue weighted by Gasteiger charge is -2.32. The summed E-state index contributed by atoms with van der Waals surface area (Å²) < 4.78 is 75.5. The molecule has 6 aromatic rings. The molecule has 2 aromatic heterocycles. The molecular weight excluding hydrogens is 898 g/mol. The van der Waals surface area contributed by atoms with Crippen molar-refractivity contribution in [1.29, 1.82) is 0 Å². The Kier molecular flexibility index (Phi) is 11.1. The number of benzene rings is 4. The van der Waals surface area contributed by atoms with E-state index in [1.807, 2.05) is 0 Å². The van der Waals surface area contributed by atoms with Gasteiger partial charge in [0.2, 0.25) is 11.8 Å². The maximum atomic E-state index is 13.8. The van der Waals surface area contributed by atoms with E-state index < -0.39 is 65.5 Å². The molecule has 0 aliphatic carbocycles. The van der Waals surface area contributed by atoms with Crippen LogP contribution in [0.3, 0.4) is 0 Å². The Morgan fingerprint density at radius 3 is 1.37 bits per heavy atom. The van der Waals surface area contributed by atoms with Crippen molar-refractivity contribution in [3.63, 3.8) is 0 Å². The Bertz CT molecular complexity index is 3060. The van der Waals surface area contributed by atoms with Gasteiger partial charge in [0.1, 0.15) is 41.1 Å². The molecule has 2 aliphatic rings. The van der Waals surface area contributed by atoms with E-state index >= 15 is 0 Å². The zero-order chi connectivity index (χ0) is 43.7. The Hall–Kier alpha value is -5.10. The minimum atomic E-state index is -3.54. The molecule has 4 heterocycles. The van der Waals surface area contributed by atoms with E-state index in [9.17, 15) is 44.8 Å². The fraction of sp³-hybridized carbons (Fsp3) is 0.143. The van der Waals surface area contributed by atoms with E-state index in [2.05, 4.69) is 10.6 Å². The Morgan fingerprint density at radius 1 is 0.533 bits per heavy atom. The van der Waals surface area contributed by atoms with Crippen molar-refractivity contribution in [2.75, 3.05) is 23.1 Å². The number of sulfone groups is 2. The molecule has 2 N–H and O–H groups in total. The van der Waals surface area contributed by atoms with Gasteiger partial charge < -0.3 is 10.6 Å². The van der Waals surface area contributed by atoms with Crippen molar-refractivity contribution in [3.05, 3.63) is 140 Å². The summed E-state index contributed by atoms with van der Waals surface area (Å²) >= 11 is 14.8. The van der Waals surface area contributed by atoms with Crippen LogP contribution >= 0.6 is 45.9 Å². The number of hydrogen-bond acceptors (Lipinski definition) is 10. The number of halogens is 4. The minimum Gasteiger partial charge on any atom is -0.316 e. The summed E-state index contributed by atoms with van der Waals surface area (Å²) in [5, 5.41) is 6.03. The fourth-order valence-corrected chi connectivity index (χ4v) is 11.0. The van der Waals surface area contributed by atoms with E-state index in [4.69, 9.17) is 23.2 Å². The number of Topliss-reactive ketones (excluding diaryl/α,β-unsaturated/α-hetero) is 2. The first-order valence-corrected chi connectivity index (χ1v) is 23.7. The molecule has 2 aliphatic heterocycles. The second kappa shape index (κ2) is 15.4. The Morgan fingerprint density at radius 2 is 0.950 bits per heavy atom. The van der Waals surface area contributed by atoms with Gasteiger partial charge in [-0.3, -0.25) is 19.2 Å². The van der Waals surface area contributed by atoms with Crippen LogP contribution in [0.2, 0.25) is 8.67 Å². The number of ketones is 2. The highest BCUT2D eigenvalue weighted by Crippen LogP contribution is 2.51. The van der Waals surface area contributed by atoms with Crippen LogP contribution in [-0.4, -0.2) is 52.7 Å².